The number of anilines is 3. The summed E-state index contributed by atoms with van der Waals surface area (Å²) in [6.45, 7) is 4.01. The van der Waals surface area contributed by atoms with Crippen LogP contribution >= 0.6 is 0 Å². The fourth-order valence-corrected chi connectivity index (χ4v) is 3.04. The van der Waals surface area contributed by atoms with Gasteiger partial charge in [0.25, 0.3) is 0 Å². The summed E-state index contributed by atoms with van der Waals surface area (Å²) in [5, 5.41) is 6.05. The van der Waals surface area contributed by atoms with Gasteiger partial charge >= 0.3 is 5.97 Å². The summed E-state index contributed by atoms with van der Waals surface area (Å²) in [5.74, 6) is 0.900. The van der Waals surface area contributed by atoms with Gasteiger partial charge in [-0.2, -0.15) is 15.0 Å². The van der Waals surface area contributed by atoms with Gasteiger partial charge in [-0.25, -0.2) is 9.18 Å². The minimum absolute atomic E-state index is 0.195. The summed E-state index contributed by atoms with van der Waals surface area (Å²) >= 11 is 0. The maximum absolute atomic E-state index is 13.6. The molecule has 0 amide bonds. The molecular formula is C23H26FN5O3. The maximum atomic E-state index is 13.6. The van der Waals surface area contributed by atoms with Gasteiger partial charge in [0.1, 0.15) is 17.6 Å². The van der Waals surface area contributed by atoms with Gasteiger partial charge in [-0.1, -0.05) is 19.9 Å². The molecule has 8 nitrogen and oxygen atoms in total. The summed E-state index contributed by atoms with van der Waals surface area (Å²) in [6.07, 6.45) is 0.531. The van der Waals surface area contributed by atoms with Gasteiger partial charge in [0.15, 0.2) is 5.82 Å². The van der Waals surface area contributed by atoms with Crippen LogP contribution in [0.3, 0.4) is 0 Å². The van der Waals surface area contributed by atoms with Gasteiger partial charge in [-0.05, 0) is 54.8 Å². The van der Waals surface area contributed by atoms with Crippen molar-refractivity contribution in [3.63, 3.8) is 0 Å². The molecule has 0 saturated carbocycles. The number of carbonyl (C=O) groups excluding carboxylic acids is 1. The van der Waals surface area contributed by atoms with Crippen LogP contribution in [0.25, 0.3) is 11.4 Å². The molecule has 0 bridgehead atoms. The molecule has 32 heavy (non-hydrogen) atoms. The highest BCUT2D eigenvalue weighted by Crippen LogP contribution is 2.23. The lowest BCUT2D eigenvalue weighted by atomic mass is 10.0. The number of carbonyl (C=O) groups is 1. The monoisotopic (exact) mass is 439 g/mol. The van der Waals surface area contributed by atoms with Gasteiger partial charge in [-0.15, -0.1) is 0 Å². The quantitative estimate of drug-likeness (QED) is 0.473. The molecular weight excluding hydrogens is 413 g/mol. The number of benzene rings is 2. The fourth-order valence-electron chi connectivity index (χ4n) is 3.04. The number of aromatic nitrogens is 3. The van der Waals surface area contributed by atoms with Crippen molar-refractivity contribution in [3.05, 3.63) is 54.3 Å². The van der Waals surface area contributed by atoms with E-state index in [1.54, 1.807) is 31.4 Å². The molecule has 3 aromatic rings. The molecule has 0 aliphatic heterocycles. The number of ether oxygens (including phenoxy) is 2. The fraction of sp³-hybridized carbons (Fsp3) is 0.304. The van der Waals surface area contributed by atoms with E-state index in [2.05, 4.69) is 25.6 Å². The molecule has 3 rings (SSSR count). The largest absolute Gasteiger partial charge is 0.497 e. The van der Waals surface area contributed by atoms with Crippen LogP contribution < -0.4 is 15.4 Å². The maximum Gasteiger partial charge on any atom is 0.328 e. The highest BCUT2D eigenvalue weighted by atomic mass is 19.1. The van der Waals surface area contributed by atoms with E-state index in [9.17, 15) is 9.18 Å². The second-order valence-corrected chi connectivity index (χ2v) is 7.52. The Kier molecular flexibility index (Phi) is 7.54. The third-order valence-electron chi connectivity index (χ3n) is 4.56. The Labute approximate surface area is 186 Å². The minimum atomic E-state index is -0.631. The summed E-state index contributed by atoms with van der Waals surface area (Å²) in [4.78, 5) is 25.6. The van der Waals surface area contributed by atoms with Gasteiger partial charge in [0.2, 0.25) is 11.9 Å². The number of nitrogens with zero attached hydrogens (tertiary/aromatic N) is 3. The van der Waals surface area contributed by atoms with Crippen LogP contribution in [-0.4, -0.2) is 41.2 Å². The molecule has 2 aromatic carbocycles. The van der Waals surface area contributed by atoms with Crippen molar-refractivity contribution in [1.82, 2.24) is 15.0 Å². The Morgan fingerprint density at radius 1 is 1.03 bits per heavy atom. The van der Waals surface area contributed by atoms with E-state index in [1.165, 1.54) is 19.2 Å². The molecule has 168 valence electrons. The van der Waals surface area contributed by atoms with Gasteiger partial charge in [0.05, 0.1) is 14.2 Å². The van der Waals surface area contributed by atoms with E-state index in [0.29, 0.717) is 23.7 Å². The summed E-state index contributed by atoms with van der Waals surface area (Å²) in [5.41, 5.74) is 1.20. The van der Waals surface area contributed by atoms with E-state index in [1.807, 2.05) is 26.0 Å². The Balaban J connectivity index is 1.99. The lowest BCUT2D eigenvalue weighted by Crippen LogP contribution is -2.33. The molecule has 2 N–H and O–H groups in total. The smallest absolute Gasteiger partial charge is 0.328 e. The Bertz CT molecular complexity index is 1060. The van der Waals surface area contributed by atoms with Crippen LogP contribution in [0.1, 0.15) is 20.3 Å². The van der Waals surface area contributed by atoms with Gasteiger partial charge in [0, 0.05) is 11.3 Å². The number of esters is 1. The molecule has 0 spiro atoms. The first-order valence-electron chi connectivity index (χ1n) is 10.2. The average Bonchev–Trinajstić information content (AvgIpc) is 2.77. The SMILES string of the molecule is COC(=O)[C@H](CC(C)C)Nc1nc(Nc2cccc(F)c2)nc(-c2ccc(OC)cc2)n1. The number of hydrogen-bond acceptors (Lipinski definition) is 8. The Morgan fingerprint density at radius 3 is 2.38 bits per heavy atom. The first kappa shape index (κ1) is 22.9. The highest BCUT2D eigenvalue weighted by molar-refractivity contribution is 5.78. The number of hydrogen-bond donors (Lipinski definition) is 2. The molecule has 1 aromatic heterocycles. The van der Waals surface area contributed by atoms with E-state index < -0.39 is 12.0 Å². The van der Waals surface area contributed by atoms with E-state index >= 15 is 0 Å². The zero-order valence-electron chi connectivity index (χ0n) is 18.4. The topological polar surface area (TPSA) is 98.3 Å². The van der Waals surface area contributed by atoms with Crippen molar-refractivity contribution in [3.8, 4) is 17.1 Å². The lowest BCUT2D eigenvalue weighted by molar-refractivity contribution is -0.141. The number of methoxy groups -OCH3 is 2. The second-order valence-electron chi connectivity index (χ2n) is 7.52. The predicted molar refractivity (Wildman–Crippen MR) is 120 cm³/mol. The molecule has 0 unspecified atom stereocenters. The van der Waals surface area contributed by atoms with Crippen molar-refractivity contribution in [2.45, 2.75) is 26.3 Å². The van der Waals surface area contributed by atoms with Crippen LogP contribution in [0.2, 0.25) is 0 Å². The van der Waals surface area contributed by atoms with Crippen molar-refractivity contribution in [2.24, 2.45) is 5.92 Å². The van der Waals surface area contributed by atoms with E-state index in [-0.39, 0.29) is 23.6 Å². The predicted octanol–water partition coefficient (Wildman–Crippen LogP) is 4.43. The van der Waals surface area contributed by atoms with Crippen LogP contribution in [0.5, 0.6) is 5.75 Å². The lowest BCUT2D eigenvalue weighted by Gasteiger charge is -2.19. The zero-order valence-corrected chi connectivity index (χ0v) is 18.4. The first-order valence-corrected chi connectivity index (χ1v) is 10.2. The third-order valence-corrected chi connectivity index (χ3v) is 4.56. The van der Waals surface area contributed by atoms with Gasteiger partial charge < -0.3 is 20.1 Å². The third kappa shape index (κ3) is 6.13. The summed E-state index contributed by atoms with van der Waals surface area (Å²) in [7, 11) is 2.92. The summed E-state index contributed by atoms with van der Waals surface area (Å²) < 4.78 is 23.7. The van der Waals surface area contributed by atoms with Crippen molar-refractivity contribution < 1.29 is 18.7 Å². The Hall–Kier alpha value is -3.75. The summed E-state index contributed by atoms with van der Waals surface area (Å²) in [6, 6.07) is 12.5. The van der Waals surface area contributed by atoms with Crippen LogP contribution in [-0.2, 0) is 9.53 Å². The normalized spacial score (nSPS) is 11.7. The molecule has 9 heteroatoms. The molecule has 1 atom stereocenters. The molecule has 0 aliphatic carbocycles. The molecule has 0 fully saturated rings. The molecule has 0 saturated heterocycles. The standard InChI is InChI=1S/C23H26FN5O3/c1-14(2)12-19(21(30)32-4)26-23-28-20(15-8-10-18(31-3)11-9-15)27-22(29-23)25-17-7-5-6-16(24)13-17/h5-11,13-14,19H,12H2,1-4H3,(H2,25,26,27,28,29)/t19-/m0/s1. The van der Waals surface area contributed by atoms with Crippen LogP contribution in [0.15, 0.2) is 48.5 Å². The molecule has 0 radical (unpaired) electrons. The second kappa shape index (κ2) is 10.5. The molecule has 1 heterocycles. The minimum Gasteiger partial charge on any atom is -0.497 e. The number of nitrogens with one attached hydrogen (secondary N) is 2. The van der Waals surface area contributed by atoms with Crippen molar-refractivity contribution in [2.75, 3.05) is 24.9 Å². The Morgan fingerprint density at radius 2 is 1.75 bits per heavy atom. The zero-order chi connectivity index (χ0) is 23.1. The average molecular weight is 439 g/mol. The number of halogens is 1. The van der Waals surface area contributed by atoms with Crippen LogP contribution in [0, 0.1) is 11.7 Å². The van der Waals surface area contributed by atoms with Gasteiger partial charge in [-0.3, -0.25) is 0 Å². The van der Waals surface area contributed by atoms with E-state index in [0.717, 1.165) is 5.56 Å². The van der Waals surface area contributed by atoms with E-state index in [4.69, 9.17) is 9.47 Å². The number of rotatable bonds is 9. The first-order chi connectivity index (χ1) is 15.4. The van der Waals surface area contributed by atoms with Crippen molar-refractivity contribution >= 4 is 23.6 Å². The van der Waals surface area contributed by atoms with Crippen LogP contribution in [0.4, 0.5) is 22.0 Å². The van der Waals surface area contributed by atoms with Crippen molar-refractivity contribution in [1.29, 1.82) is 0 Å². The molecule has 0 aliphatic rings. The highest BCUT2D eigenvalue weighted by Gasteiger charge is 2.22.